The van der Waals surface area contributed by atoms with Gasteiger partial charge in [0, 0.05) is 11.9 Å². The van der Waals surface area contributed by atoms with Crippen molar-refractivity contribution in [2.45, 2.75) is 26.7 Å². The van der Waals surface area contributed by atoms with Crippen LogP contribution in [-0.2, 0) is 6.42 Å². The fraction of sp³-hybridized carbons (Fsp3) is 0.222. The second kappa shape index (κ2) is 6.42. The minimum atomic E-state index is -0.172. The van der Waals surface area contributed by atoms with Crippen LogP contribution in [0.15, 0.2) is 42.6 Å². The van der Waals surface area contributed by atoms with Gasteiger partial charge >= 0.3 is 0 Å². The van der Waals surface area contributed by atoms with Crippen molar-refractivity contribution in [3.8, 4) is 0 Å². The predicted octanol–water partition coefficient (Wildman–Crippen LogP) is 4.50. The second-order valence-corrected chi connectivity index (χ2v) is 5.99. The first-order valence-electron chi connectivity index (χ1n) is 7.63. The molecule has 4 nitrogen and oxygen atoms in total. The number of imidazole rings is 1. The number of nitrogens with one attached hydrogen (secondary N) is 1. The Balaban J connectivity index is 2.04. The van der Waals surface area contributed by atoms with Gasteiger partial charge in [0.25, 0.3) is 5.91 Å². The number of rotatable bonds is 4. The molecule has 3 aromatic rings. The fourth-order valence-electron chi connectivity index (χ4n) is 2.63. The molecule has 0 bridgehead atoms. The number of aryl methyl sites for hydroxylation is 2. The molecule has 118 valence electrons. The van der Waals surface area contributed by atoms with E-state index in [9.17, 15) is 4.79 Å². The molecule has 0 spiro atoms. The van der Waals surface area contributed by atoms with E-state index >= 15 is 0 Å². The summed E-state index contributed by atoms with van der Waals surface area (Å²) in [5, 5.41) is 3.52. The summed E-state index contributed by atoms with van der Waals surface area (Å²) in [6.07, 6.45) is 3.40. The number of aromatic nitrogens is 2. The van der Waals surface area contributed by atoms with Crippen LogP contribution in [0.2, 0.25) is 5.02 Å². The van der Waals surface area contributed by atoms with Crippen LogP contribution in [0.3, 0.4) is 0 Å². The number of anilines is 1. The molecule has 1 amide bonds. The largest absolute Gasteiger partial charge is 0.321 e. The highest BCUT2D eigenvalue weighted by molar-refractivity contribution is 6.30. The van der Waals surface area contributed by atoms with Crippen molar-refractivity contribution in [3.63, 3.8) is 0 Å². The molecule has 2 aromatic heterocycles. The first-order chi connectivity index (χ1) is 11.1. The summed E-state index contributed by atoms with van der Waals surface area (Å²) >= 11 is 6.08. The number of amides is 1. The lowest BCUT2D eigenvalue weighted by Gasteiger charge is -2.08. The Labute approximate surface area is 140 Å². The minimum absolute atomic E-state index is 0.172. The van der Waals surface area contributed by atoms with Crippen LogP contribution in [0.1, 0.15) is 35.1 Å². The highest BCUT2D eigenvalue weighted by Gasteiger charge is 2.19. The molecule has 23 heavy (non-hydrogen) atoms. The average Bonchev–Trinajstić information content (AvgIpc) is 2.85. The molecule has 1 N–H and O–H groups in total. The number of nitrogens with zero attached hydrogens (tertiary/aromatic N) is 2. The number of pyridine rings is 1. The molecule has 0 radical (unpaired) electrons. The monoisotopic (exact) mass is 327 g/mol. The number of fused-ring (bicyclic) bond motifs is 1. The summed E-state index contributed by atoms with van der Waals surface area (Å²) in [7, 11) is 0. The van der Waals surface area contributed by atoms with Crippen LogP contribution < -0.4 is 5.32 Å². The van der Waals surface area contributed by atoms with E-state index in [1.807, 2.05) is 37.3 Å². The first-order valence-corrected chi connectivity index (χ1v) is 8.01. The maximum atomic E-state index is 12.8. The Kier molecular flexibility index (Phi) is 4.35. The summed E-state index contributed by atoms with van der Waals surface area (Å²) in [6.45, 7) is 4.06. The van der Waals surface area contributed by atoms with Crippen molar-refractivity contribution in [2.75, 3.05) is 5.32 Å². The zero-order chi connectivity index (χ0) is 16.4. The third kappa shape index (κ3) is 3.22. The third-order valence-electron chi connectivity index (χ3n) is 3.63. The molecular weight excluding hydrogens is 310 g/mol. The van der Waals surface area contributed by atoms with E-state index < -0.39 is 0 Å². The van der Waals surface area contributed by atoms with Gasteiger partial charge in [0.05, 0.1) is 10.7 Å². The Morgan fingerprint density at radius 3 is 2.87 bits per heavy atom. The molecule has 0 unspecified atom stereocenters. The average molecular weight is 328 g/mol. The standard InChI is InChI=1S/C18H18ClN3O/c1-3-5-15-17(22-11-13(19)8-9-16(22)21-15)18(23)20-14-7-4-6-12(2)10-14/h4,6-11H,3,5H2,1-2H3,(H,20,23). The van der Waals surface area contributed by atoms with E-state index in [1.54, 1.807) is 16.7 Å². The number of carbonyl (C=O) groups is 1. The summed E-state index contributed by atoms with van der Waals surface area (Å²) in [5.74, 6) is -0.172. The lowest BCUT2D eigenvalue weighted by Crippen LogP contribution is -2.16. The van der Waals surface area contributed by atoms with Crippen molar-refractivity contribution in [1.82, 2.24) is 9.38 Å². The van der Waals surface area contributed by atoms with Gasteiger partial charge in [-0.3, -0.25) is 9.20 Å². The Bertz CT molecular complexity index is 870. The van der Waals surface area contributed by atoms with E-state index in [4.69, 9.17) is 11.6 Å². The van der Waals surface area contributed by atoms with Crippen molar-refractivity contribution in [1.29, 1.82) is 0 Å². The first kappa shape index (κ1) is 15.6. The summed E-state index contributed by atoms with van der Waals surface area (Å²) in [4.78, 5) is 17.4. The van der Waals surface area contributed by atoms with E-state index in [-0.39, 0.29) is 5.91 Å². The molecule has 0 fully saturated rings. The van der Waals surface area contributed by atoms with Gasteiger partial charge in [-0.1, -0.05) is 37.1 Å². The lowest BCUT2D eigenvalue weighted by atomic mass is 10.2. The van der Waals surface area contributed by atoms with Crippen LogP contribution in [0.4, 0.5) is 5.69 Å². The molecule has 0 aliphatic rings. The van der Waals surface area contributed by atoms with Crippen LogP contribution in [0, 0.1) is 6.92 Å². The van der Waals surface area contributed by atoms with Gasteiger partial charge in [-0.05, 0) is 43.2 Å². The molecule has 0 atom stereocenters. The molecule has 0 saturated heterocycles. The Morgan fingerprint density at radius 2 is 2.13 bits per heavy atom. The molecule has 2 heterocycles. The van der Waals surface area contributed by atoms with Crippen LogP contribution in [-0.4, -0.2) is 15.3 Å². The number of hydrogen-bond acceptors (Lipinski definition) is 2. The quantitative estimate of drug-likeness (QED) is 0.766. The highest BCUT2D eigenvalue weighted by atomic mass is 35.5. The van der Waals surface area contributed by atoms with Gasteiger partial charge in [-0.15, -0.1) is 0 Å². The molecular formula is C18H18ClN3O. The van der Waals surface area contributed by atoms with Gasteiger partial charge in [0.15, 0.2) is 0 Å². The topological polar surface area (TPSA) is 46.4 Å². The fourth-order valence-corrected chi connectivity index (χ4v) is 2.79. The molecule has 0 saturated carbocycles. The molecule has 3 rings (SSSR count). The van der Waals surface area contributed by atoms with E-state index in [2.05, 4.69) is 17.2 Å². The van der Waals surface area contributed by atoms with E-state index in [0.717, 1.165) is 35.4 Å². The Morgan fingerprint density at radius 1 is 1.30 bits per heavy atom. The van der Waals surface area contributed by atoms with Gasteiger partial charge in [-0.25, -0.2) is 4.98 Å². The zero-order valence-corrected chi connectivity index (χ0v) is 13.9. The number of benzene rings is 1. The van der Waals surface area contributed by atoms with Gasteiger partial charge in [-0.2, -0.15) is 0 Å². The summed E-state index contributed by atoms with van der Waals surface area (Å²) in [5.41, 5.74) is 3.94. The molecule has 0 aliphatic heterocycles. The number of halogens is 1. The second-order valence-electron chi connectivity index (χ2n) is 5.56. The smallest absolute Gasteiger partial charge is 0.274 e. The minimum Gasteiger partial charge on any atom is -0.321 e. The normalized spacial score (nSPS) is 10.9. The Hall–Kier alpha value is -2.33. The molecule has 5 heteroatoms. The molecule has 0 aliphatic carbocycles. The SMILES string of the molecule is CCCc1nc2ccc(Cl)cn2c1C(=O)Nc1cccc(C)c1. The van der Waals surface area contributed by atoms with E-state index in [0.29, 0.717) is 10.7 Å². The van der Waals surface area contributed by atoms with Crippen molar-refractivity contribution >= 4 is 28.8 Å². The van der Waals surface area contributed by atoms with Crippen LogP contribution in [0.25, 0.3) is 5.65 Å². The molecule has 1 aromatic carbocycles. The maximum Gasteiger partial charge on any atom is 0.274 e. The lowest BCUT2D eigenvalue weighted by molar-refractivity contribution is 0.102. The van der Waals surface area contributed by atoms with Crippen molar-refractivity contribution < 1.29 is 4.79 Å². The van der Waals surface area contributed by atoms with Crippen LogP contribution >= 0.6 is 11.6 Å². The van der Waals surface area contributed by atoms with Crippen molar-refractivity contribution in [2.24, 2.45) is 0 Å². The van der Waals surface area contributed by atoms with Gasteiger partial charge in [0.2, 0.25) is 0 Å². The van der Waals surface area contributed by atoms with Gasteiger partial charge in [0.1, 0.15) is 11.3 Å². The predicted molar refractivity (Wildman–Crippen MR) is 93.3 cm³/mol. The third-order valence-corrected chi connectivity index (χ3v) is 3.86. The highest BCUT2D eigenvalue weighted by Crippen LogP contribution is 2.20. The summed E-state index contributed by atoms with van der Waals surface area (Å²) < 4.78 is 1.76. The zero-order valence-electron chi connectivity index (χ0n) is 13.1. The number of carbonyl (C=O) groups excluding carboxylic acids is 1. The maximum absolute atomic E-state index is 12.8. The summed E-state index contributed by atoms with van der Waals surface area (Å²) in [6, 6.07) is 11.3. The van der Waals surface area contributed by atoms with E-state index in [1.165, 1.54) is 0 Å². The van der Waals surface area contributed by atoms with Crippen LogP contribution in [0.5, 0.6) is 0 Å². The van der Waals surface area contributed by atoms with Gasteiger partial charge < -0.3 is 5.32 Å². The van der Waals surface area contributed by atoms with Crippen molar-refractivity contribution in [3.05, 3.63) is 64.6 Å². The number of hydrogen-bond donors (Lipinski definition) is 1.